The highest BCUT2D eigenvalue weighted by atomic mass is 14.9. The minimum absolute atomic E-state index is 0.108. The number of hydrogen-bond acceptors (Lipinski definition) is 2. The van der Waals surface area contributed by atoms with Gasteiger partial charge in [0.15, 0.2) is 0 Å². The highest BCUT2D eigenvalue weighted by Crippen LogP contribution is 2.43. The molecule has 0 saturated carbocycles. The second-order valence-corrected chi connectivity index (χ2v) is 11.9. The van der Waals surface area contributed by atoms with E-state index >= 15 is 0 Å². The summed E-state index contributed by atoms with van der Waals surface area (Å²) in [7, 11) is 0. The summed E-state index contributed by atoms with van der Waals surface area (Å²) in [6.45, 7) is 16.9. The van der Waals surface area contributed by atoms with Crippen molar-refractivity contribution in [1.82, 2.24) is 0 Å². The van der Waals surface area contributed by atoms with Gasteiger partial charge in [-0.1, -0.05) is 77.9 Å². The van der Waals surface area contributed by atoms with Crippen LogP contribution in [0.2, 0.25) is 0 Å². The molecule has 0 amide bonds. The van der Waals surface area contributed by atoms with E-state index in [1.807, 2.05) is 0 Å². The Labute approximate surface area is 212 Å². The lowest BCUT2D eigenvalue weighted by Crippen LogP contribution is -2.25. The van der Waals surface area contributed by atoms with E-state index < -0.39 is 0 Å². The third-order valence-corrected chi connectivity index (χ3v) is 7.62. The van der Waals surface area contributed by atoms with Crippen LogP contribution in [0.15, 0.2) is 72.9 Å². The van der Waals surface area contributed by atoms with Crippen LogP contribution in [0, 0.1) is 6.92 Å². The first-order valence-corrected chi connectivity index (χ1v) is 13.1. The molecule has 0 bridgehead atoms. The van der Waals surface area contributed by atoms with E-state index in [1.165, 1.54) is 51.9 Å². The van der Waals surface area contributed by atoms with Crippen LogP contribution in [-0.2, 0) is 10.8 Å². The van der Waals surface area contributed by atoms with Gasteiger partial charge in [0, 0.05) is 23.5 Å². The van der Waals surface area contributed by atoms with Crippen molar-refractivity contribution in [3.8, 4) is 11.1 Å². The first kappa shape index (κ1) is 25.1. The molecule has 3 aromatic carbocycles. The number of rotatable bonds is 6. The second kappa shape index (κ2) is 9.93. The molecule has 0 fully saturated rings. The maximum absolute atomic E-state index is 3.59. The van der Waals surface area contributed by atoms with E-state index in [1.54, 1.807) is 0 Å². The van der Waals surface area contributed by atoms with E-state index in [-0.39, 0.29) is 10.8 Å². The quantitative estimate of drug-likeness (QED) is 0.378. The van der Waals surface area contributed by atoms with Crippen LogP contribution in [0.4, 0.5) is 11.4 Å². The van der Waals surface area contributed by atoms with Gasteiger partial charge >= 0.3 is 0 Å². The average Bonchev–Trinajstić information content (AvgIpc) is 2.81. The monoisotopic (exact) mass is 466 g/mol. The molecule has 0 spiro atoms. The summed E-state index contributed by atoms with van der Waals surface area (Å²) in [6.07, 6.45) is 6.76. The molecule has 3 aromatic rings. The Morgan fingerprint density at radius 1 is 0.971 bits per heavy atom. The first-order chi connectivity index (χ1) is 16.6. The van der Waals surface area contributed by atoms with Crippen molar-refractivity contribution in [3.63, 3.8) is 0 Å². The Kier molecular flexibility index (Phi) is 7.12. The fraction of sp³-hybridized carbons (Fsp3) is 0.394. The summed E-state index contributed by atoms with van der Waals surface area (Å²) < 4.78 is 0. The van der Waals surface area contributed by atoms with Crippen molar-refractivity contribution in [2.75, 3.05) is 17.2 Å². The maximum atomic E-state index is 3.59. The summed E-state index contributed by atoms with van der Waals surface area (Å²) in [6, 6.07) is 22.4. The van der Waals surface area contributed by atoms with Crippen LogP contribution in [0.25, 0.3) is 11.1 Å². The largest absolute Gasteiger partial charge is 0.381 e. The van der Waals surface area contributed by atoms with Crippen LogP contribution in [-0.4, -0.2) is 6.54 Å². The zero-order valence-corrected chi connectivity index (χ0v) is 22.6. The molecule has 0 aliphatic heterocycles. The Morgan fingerprint density at radius 3 is 2.49 bits per heavy atom. The molecule has 2 N–H and O–H groups in total. The van der Waals surface area contributed by atoms with Crippen LogP contribution in [0.5, 0.6) is 0 Å². The molecule has 2 nitrogen and oxygen atoms in total. The van der Waals surface area contributed by atoms with Gasteiger partial charge < -0.3 is 10.6 Å². The van der Waals surface area contributed by atoms with Crippen LogP contribution in [0.1, 0.15) is 82.6 Å². The van der Waals surface area contributed by atoms with Gasteiger partial charge in [-0.05, 0) is 101 Å². The van der Waals surface area contributed by atoms with E-state index in [9.17, 15) is 0 Å². The predicted octanol–water partition coefficient (Wildman–Crippen LogP) is 9.17. The second-order valence-electron chi connectivity index (χ2n) is 11.9. The number of hydrogen-bond donors (Lipinski definition) is 2. The minimum Gasteiger partial charge on any atom is -0.381 e. The molecule has 35 heavy (non-hydrogen) atoms. The molecular weight excluding hydrogens is 424 g/mol. The third kappa shape index (κ3) is 5.64. The first-order valence-electron chi connectivity index (χ1n) is 13.1. The molecule has 0 aromatic heterocycles. The number of benzene rings is 3. The van der Waals surface area contributed by atoms with Crippen molar-refractivity contribution in [3.05, 3.63) is 95.2 Å². The van der Waals surface area contributed by atoms with Gasteiger partial charge in [0.2, 0.25) is 0 Å². The molecule has 0 heterocycles. The molecule has 4 rings (SSSR count). The summed E-state index contributed by atoms with van der Waals surface area (Å²) in [5, 5.41) is 7.14. The lowest BCUT2D eigenvalue weighted by molar-refractivity contribution is 0.402. The summed E-state index contributed by atoms with van der Waals surface area (Å²) in [5.41, 5.74) is 10.9. The van der Waals surface area contributed by atoms with E-state index in [0.29, 0.717) is 5.92 Å². The van der Waals surface area contributed by atoms with Crippen LogP contribution < -0.4 is 10.6 Å². The fourth-order valence-corrected chi connectivity index (χ4v) is 5.17. The van der Waals surface area contributed by atoms with Crippen molar-refractivity contribution in [1.29, 1.82) is 0 Å². The van der Waals surface area contributed by atoms with Crippen LogP contribution in [0.3, 0.4) is 0 Å². The summed E-state index contributed by atoms with van der Waals surface area (Å²) >= 11 is 0. The molecule has 0 radical (unpaired) electrons. The number of fused-ring (bicyclic) bond motifs is 1. The zero-order valence-electron chi connectivity index (χ0n) is 22.6. The van der Waals surface area contributed by atoms with E-state index in [2.05, 4.69) is 132 Å². The van der Waals surface area contributed by atoms with Gasteiger partial charge in [0.25, 0.3) is 0 Å². The molecule has 1 atom stereocenters. The molecule has 0 saturated heterocycles. The average molecular weight is 467 g/mol. The van der Waals surface area contributed by atoms with Crippen molar-refractivity contribution >= 4 is 11.4 Å². The third-order valence-electron chi connectivity index (χ3n) is 7.62. The molecule has 2 heteroatoms. The minimum atomic E-state index is 0.108. The molecule has 1 aliphatic rings. The topological polar surface area (TPSA) is 24.1 Å². The van der Waals surface area contributed by atoms with Gasteiger partial charge in [0.1, 0.15) is 0 Å². The molecule has 1 aliphatic carbocycles. The lowest BCUT2D eigenvalue weighted by Gasteiger charge is -2.36. The van der Waals surface area contributed by atoms with E-state index in [0.717, 1.165) is 12.2 Å². The van der Waals surface area contributed by atoms with Gasteiger partial charge in [-0.3, -0.25) is 0 Å². The SMILES string of the molecule is Cc1ccccc1-c1cc(C(C)(C)C)ccc1N/C=C/CNc1ccc2c(c1)C(C)(C)CCC2C. The van der Waals surface area contributed by atoms with Crippen LogP contribution >= 0.6 is 0 Å². The zero-order chi connectivity index (χ0) is 25.2. The Balaban J connectivity index is 1.48. The number of nitrogens with one attached hydrogen (secondary N) is 2. The van der Waals surface area contributed by atoms with Gasteiger partial charge in [0.05, 0.1) is 0 Å². The smallest absolute Gasteiger partial charge is 0.0459 e. The number of aryl methyl sites for hydroxylation is 1. The molecule has 1 unspecified atom stereocenters. The van der Waals surface area contributed by atoms with Crippen molar-refractivity contribution in [2.45, 2.75) is 78.1 Å². The fourth-order valence-electron chi connectivity index (χ4n) is 5.17. The molecule has 184 valence electrons. The highest BCUT2D eigenvalue weighted by molar-refractivity contribution is 5.81. The lowest BCUT2D eigenvalue weighted by atomic mass is 9.69. The van der Waals surface area contributed by atoms with Gasteiger partial charge in [-0.15, -0.1) is 0 Å². The van der Waals surface area contributed by atoms with Crippen molar-refractivity contribution in [2.24, 2.45) is 0 Å². The Morgan fingerprint density at radius 2 is 1.74 bits per heavy atom. The summed E-state index contributed by atoms with van der Waals surface area (Å²) in [4.78, 5) is 0. The highest BCUT2D eigenvalue weighted by Gasteiger charge is 2.30. The van der Waals surface area contributed by atoms with E-state index in [4.69, 9.17) is 0 Å². The maximum Gasteiger partial charge on any atom is 0.0459 e. The number of anilines is 2. The molecular formula is C33H42N2. The van der Waals surface area contributed by atoms with Crippen molar-refractivity contribution < 1.29 is 0 Å². The normalized spacial score (nSPS) is 17.3. The predicted molar refractivity (Wildman–Crippen MR) is 154 cm³/mol. The van der Waals surface area contributed by atoms with Gasteiger partial charge in [-0.2, -0.15) is 0 Å². The van der Waals surface area contributed by atoms with Gasteiger partial charge in [-0.25, -0.2) is 0 Å². The Hall–Kier alpha value is -3.00. The Bertz CT molecular complexity index is 1210. The standard InChI is InChI=1S/C33H42N2/c1-23-11-8-9-12-27(23)29-21-25(32(3,4)5)13-16-31(29)35-20-10-19-34-26-14-15-28-24(2)17-18-33(6,7)30(28)22-26/h8-16,20-22,24,34-35H,17-19H2,1-7H3/b20-10+. The summed E-state index contributed by atoms with van der Waals surface area (Å²) in [5.74, 6) is 0.656.